The monoisotopic (exact) mass is 306 g/mol. The first-order valence-electron chi connectivity index (χ1n) is 5.43. The SMILES string of the molecule is C[C@@H](Oc1ccc(C#N)cc1Cl)C(=O)NCC(F)(F)F. The van der Waals surface area contributed by atoms with E-state index in [1.807, 2.05) is 6.07 Å². The lowest BCUT2D eigenvalue weighted by Gasteiger charge is -2.16. The molecule has 0 spiro atoms. The van der Waals surface area contributed by atoms with E-state index in [1.165, 1.54) is 25.1 Å². The van der Waals surface area contributed by atoms with Crippen molar-refractivity contribution in [1.82, 2.24) is 5.32 Å². The van der Waals surface area contributed by atoms with E-state index in [0.29, 0.717) is 5.56 Å². The second-order valence-electron chi connectivity index (χ2n) is 3.85. The minimum Gasteiger partial charge on any atom is -0.479 e. The van der Waals surface area contributed by atoms with Crippen LogP contribution in [0.1, 0.15) is 12.5 Å². The van der Waals surface area contributed by atoms with Gasteiger partial charge in [0.1, 0.15) is 12.3 Å². The van der Waals surface area contributed by atoms with Gasteiger partial charge in [0, 0.05) is 0 Å². The summed E-state index contributed by atoms with van der Waals surface area (Å²) in [6.45, 7) is -0.138. The largest absolute Gasteiger partial charge is 0.479 e. The minimum absolute atomic E-state index is 0.0968. The Bertz CT molecular complexity index is 540. The van der Waals surface area contributed by atoms with Gasteiger partial charge in [0.25, 0.3) is 5.91 Å². The Balaban J connectivity index is 2.64. The molecule has 4 nitrogen and oxygen atoms in total. The minimum atomic E-state index is -4.48. The normalized spacial score (nSPS) is 12.4. The summed E-state index contributed by atoms with van der Waals surface area (Å²) in [6.07, 6.45) is -5.63. The standard InChI is InChI=1S/C12H10ClF3N2O2/c1-7(11(19)18-6-12(14,15)16)20-10-3-2-8(5-17)4-9(10)13/h2-4,7H,6H2,1H3,(H,18,19)/t7-/m1/s1. The van der Waals surface area contributed by atoms with Crippen LogP contribution in [0.3, 0.4) is 0 Å². The summed E-state index contributed by atoms with van der Waals surface area (Å²) < 4.78 is 41.0. The number of benzene rings is 1. The molecule has 0 saturated heterocycles. The number of carbonyl (C=O) groups is 1. The molecule has 1 atom stereocenters. The summed E-state index contributed by atoms with van der Waals surface area (Å²) in [7, 11) is 0. The lowest BCUT2D eigenvalue weighted by atomic mass is 10.2. The molecule has 0 aliphatic carbocycles. The molecule has 0 radical (unpaired) electrons. The fraction of sp³-hybridized carbons (Fsp3) is 0.333. The first-order valence-corrected chi connectivity index (χ1v) is 5.81. The van der Waals surface area contributed by atoms with Gasteiger partial charge in [-0.3, -0.25) is 4.79 Å². The van der Waals surface area contributed by atoms with E-state index in [9.17, 15) is 18.0 Å². The zero-order chi connectivity index (χ0) is 15.3. The number of carbonyl (C=O) groups excluding carboxylic acids is 1. The molecular formula is C12H10ClF3N2O2. The van der Waals surface area contributed by atoms with Crippen molar-refractivity contribution in [3.05, 3.63) is 28.8 Å². The average Bonchev–Trinajstić information content (AvgIpc) is 2.37. The second kappa shape index (κ2) is 6.48. The molecular weight excluding hydrogens is 297 g/mol. The molecule has 0 unspecified atom stereocenters. The second-order valence-corrected chi connectivity index (χ2v) is 4.26. The summed E-state index contributed by atoms with van der Waals surface area (Å²) in [4.78, 5) is 11.4. The maximum absolute atomic E-state index is 11.9. The summed E-state index contributed by atoms with van der Waals surface area (Å²) in [5.74, 6) is -0.803. The van der Waals surface area contributed by atoms with Gasteiger partial charge in [-0.1, -0.05) is 11.6 Å². The van der Waals surface area contributed by atoms with Crippen molar-refractivity contribution in [2.24, 2.45) is 0 Å². The fourth-order valence-corrected chi connectivity index (χ4v) is 1.47. The van der Waals surface area contributed by atoms with Crippen LogP contribution in [-0.4, -0.2) is 24.7 Å². The van der Waals surface area contributed by atoms with Crippen molar-refractivity contribution in [2.75, 3.05) is 6.54 Å². The van der Waals surface area contributed by atoms with E-state index in [4.69, 9.17) is 21.6 Å². The number of rotatable bonds is 4. The highest BCUT2D eigenvalue weighted by atomic mass is 35.5. The van der Waals surface area contributed by atoms with Crippen LogP contribution in [0.4, 0.5) is 13.2 Å². The van der Waals surface area contributed by atoms with Crippen molar-refractivity contribution >= 4 is 17.5 Å². The molecule has 0 aliphatic rings. The Labute approximate surface area is 118 Å². The van der Waals surface area contributed by atoms with Gasteiger partial charge in [0.15, 0.2) is 6.10 Å². The van der Waals surface area contributed by atoms with Gasteiger partial charge >= 0.3 is 6.18 Å². The van der Waals surface area contributed by atoms with E-state index in [1.54, 1.807) is 5.32 Å². The van der Waals surface area contributed by atoms with Crippen molar-refractivity contribution in [3.63, 3.8) is 0 Å². The number of halogens is 4. The van der Waals surface area contributed by atoms with E-state index >= 15 is 0 Å². The topological polar surface area (TPSA) is 62.1 Å². The first kappa shape index (κ1) is 16.1. The van der Waals surface area contributed by atoms with Crippen LogP contribution in [0.25, 0.3) is 0 Å². The zero-order valence-corrected chi connectivity index (χ0v) is 11.0. The number of amides is 1. The molecule has 20 heavy (non-hydrogen) atoms. The van der Waals surface area contributed by atoms with E-state index in [0.717, 1.165) is 0 Å². The number of hydrogen-bond donors (Lipinski definition) is 1. The molecule has 108 valence electrons. The van der Waals surface area contributed by atoms with Crippen LogP contribution in [0.5, 0.6) is 5.75 Å². The van der Waals surface area contributed by atoms with Gasteiger partial charge in [-0.25, -0.2) is 0 Å². The maximum atomic E-state index is 11.9. The Morgan fingerprint density at radius 2 is 2.20 bits per heavy atom. The van der Waals surface area contributed by atoms with Gasteiger partial charge < -0.3 is 10.1 Å². The van der Waals surface area contributed by atoms with Gasteiger partial charge in [-0.15, -0.1) is 0 Å². The molecule has 1 rings (SSSR count). The Morgan fingerprint density at radius 1 is 1.55 bits per heavy atom. The number of nitriles is 1. The lowest BCUT2D eigenvalue weighted by Crippen LogP contribution is -2.41. The van der Waals surface area contributed by atoms with Crippen LogP contribution in [0, 0.1) is 11.3 Å². The third-order valence-corrected chi connectivity index (χ3v) is 2.49. The smallest absolute Gasteiger partial charge is 0.405 e. The molecule has 0 aliphatic heterocycles. The van der Waals surface area contributed by atoms with Gasteiger partial charge in [0.2, 0.25) is 0 Å². The maximum Gasteiger partial charge on any atom is 0.405 e. The highest BCUT2D eigenvalue weighted by Crippen LogP contribution is 2.26. The van der Waals surface area contributed by atoms with Gasteiger partial charge in [-0.2, -0.15) is 18.4 Å². The zero-order valence-electron chi connectivity index (χ0n) is 10.3. The molecule has 0 fully saturated rings. The van der Waals surface area contributed by atoms with Crippen LogP contribution in [0.15, 0.2) is 18.2 Å². The van der Waals surface area contributed by atoms with Crippen molar-refractivity contribution in [2.45, 2.75) is 19.2 Å². The average molecular weight is 307 g/mol. The number of alkyl halides is 3. The molecule has 1 N–H and O–H groups in total. The highest BCUT2D eigenvalue weighted by molar-refractivity contribution is 6.32. The number of nitrogens with zero attached hydrogens (tertiary/aromatic N) is 1. The predicted molar refractivity (Wildman–Crippen MR) is 65.3 cm³/mol. The molecule has 1 aromatic carbocycles. The first-order chi connectivity index (χ1) is 9.23. The number of hydrogen-bond acceptors (Lipinski definition) is 3. The summed E-state index contributed by atoms with van der Waals surface area (Å²) in [5, 5.41) is 10.4. The summed E-state index contributed by atoms with van der Waals surface area (Å²) >= 11 is 5.82. The molecule has 0 bridgehead atoms. The van der Waals surface area contributed by atoms with Gasteiger partial charge in [-0.05, 0) is 25.1 Å². The van der Waals surface area contributed by atoms with Crippen LogP contribution in [0.2, 0.25) is 5.02 Å². The van der Waals surface area contributed by atoms with Crippen molar-refractivity contribution < 1.29 is 22.7 Å². The third-order valence-electron chi connectivity index (χ3n) is 2.20. The van der Waals surface area contributed by atoms with Crippen LogP contribution < -0.4 is 10.1 Å². The Hall–Kier alpha value is -1.94. The summed E-state index contributed by atoms with van der Waals surface area (Å²) in [5.41, 5.74) is 0.302. The van der Waals surface area contributed by atoms with E-state index < -0.39 is 24.7 Å². The van der Waals surface area contributed by atoms with Crippen molar-refractivity contribution in [3.8, 4) is 11.8 Å². The number of ether oxygens (including phenoxy) is 1. The highest BCUT2D eigenvalue weighted by Gasteiger charge is 2.29. The lowest BCUT2D eigenvalue weighted by molar-refractivity contribution is -0.142. The van der Waals surface area contributed by atoms with E-state index in [-0.39, 0.29) is 10.8 Å². The van der Waals surface area contributed by atoms with Gasteiger partial charge in [0.05, 0.1) is 16.7 Å². The molecule has 1 aromatic rings. The van der Waals surface area contributed by atoms with E-state index in [2.05, 4.69) is 0 Å². The summed E-state index contributed by atoms with van der Waals surface area (Å²) in [6, 6.07) is 5.98. The quantitative estimate of drug-likeness (QED) is 0.930. The van der Waals surface area contributed by atoms with Crippen LogP contribution in [-0.2, 0) is 4.79 Å². The van der Waals surface area contributed by atoms with Crippen molar-refractivity contribution in [1.29, 1.82) is 5.26 Å². The third kappa shape index (κ3) is 4.97. The molecule has 0 saturated carbocycles. The molecule has 1 amide bonds. The Kier molecular flexibility index (Phi) is 5.22. The number of nitrogens with one attached hydrogen (secondary N) is 1. The predicted octanol–water partition coefficient (Wildman–Crippen LogP) is 2.66. The molecule has 0 aromatic heterocycles. The Morgan fingerprint density at radius 3 is 2.70 bits per heavy atom. The van der Waals surface area contributed by atoms with Crippen LogP contribution >= 0.6 is 11.6 Å². The molecule has 0 heterocycles. The fourth-order valence-electron chi connectivity index (χ4n) is 1.24. The molecule has 8 heteroatoms.